The van der Waals surface area contributed by atoms with Crippen molar-refractivity contribution < 1.29 is 4.74 Å². The summed E-state index contributed by atoms with van der Waals surface area (Å²) in [6.07, 6.45) is 0. The second-order valence-electron chi connectivity index (χ2n) is 4.57. The van der Waals surface area contributed by atoms with Gasteiger partial charge in [0.15, 0.2) is 0 Å². The first-order chi connectivity index (χ1) is 7.68. The molecule has 1 fully saturated rings. The van der Waals surface area contributed by atoms with Crippen LogP contribution in [0.15, 0.2) is 18.2 Å². The molecule has 2 N–H and O–H groups in total. The molecule has 0 atom stereocenters. The van der Waals surface area contributed by atoms with Gasteiger partial charge >= 0.3 is 0 Å². The number of anilines is 2. The summed E-state index contributed by atoms with van der Waals surface area (Å²) >= 11 is 0. The Balaban J connectivity index is 2.21. The number of hydrogen-bond acceptors (Lipinski definition) is 3. The van der Waals surface area contributed by atoms with Crippen LogP contribution in [-0.2, 0) is 4.74 Å². The van der Waals surface area contributed by atoms with Crippen LogP contribution in [0.2, 0.25) is 0 Å². The second kappa shape index (κ2) is 4.74. The molecule has 1 aromatic rings. The Morgan fingerprint density at radius 1 is 1.25 bits per heavy atom. The molecular formula is C13H20N2O. The van der Waals surface area contributed by atoms with E-state index in [4.69, 9.17) is 10.5 Å². The molecular weight excluding hydrogens is 200 g/mol. The molecule has 0 aromatic heterocycles. The standard InChI is InChI=1S/C13H20N2O/c1-10(2)11-3-4-13(12(14)9-11)15-5-7-16-8-6-15/h3-4,9-10H,5-8,14H2,1-2H3. The molecule has 3 nitrogen and oxygen atoms in total. The largest absolute Gasteiger partial charge is 0.397 e. The third-order valence-electron chi connectivity index (χ3n) is 3.07. The first-order valence-electron chi connectivity index (χ1n) is 5.90. The van der Waals surface area contributed by atoms with Crippen LogP contribution in [-0.4, -0.2) is 26.3 Å². The minimum atomic E-state index is 0.529. The summed E-state index contributed by atoms with van der Waals surface area (Å²) in [4.78, 5) is 2.29. The van der Waals surface area contributed by atoms with Gasteiger partial charge in [-0.2, -0.15) is 0 Å². The molecule has 88 valence electrons. The van der Waals surface area contributed by atoms with Crippen LogP contribution in [0.1, 0.15) is 25.3 Å². The predicted octanol–water partition coefficient (Wildman–Crippen LogP) is 2.23. The second-order valence-corrected chi connectivity index (χ2v) is 4.57. The number of ether oxygens (including phenoxy) is 1. The fourth-order valence-corrected chi connectivity index (χ4v) is 2.02. The van der Waals surface area contributed by atoms with E-state index in [0.29, 0.717) is 5.92 Å². The van der Waals surface area contributed by atoms with Crippen LogP contribution in [0, 0.1) is 0 Å². The summed E-state index contributed by atoms with van der Waals surface area (Å²) in [6, 6.07) is 6.40. The van der Waals surface area contributed by atoms with Crippen molar-refractivity contribution in [2.45, 2.75) is 19.8 Å². The molecule has 2 rings (SSSR count). The Labute approximate surface area is 97.2 Å². The molecule has 0 saturated carbocycles. The van der Waals surface area contributed by atoms with E-state index in [1.54, 1.807) is 0 Å². The van der Waals surface area contributed by atoms with Crippen molar-refractivity contribution in [3.05, 3.63) is 23.8 Å². The topological polar surface area (TPSA) is 38.5 Å². The average Bonchev–Trinajstić information content (AvgIpc) is 2.30. The van der Waals surface area contributed by atoms with Crippen LogP contribution >= 0.6 is 0 Å². The number of morpholine rings is 1. The molecule has 1 saturated heterocycles. The highest BCUT2D eigenvalue weighted by Gasteiger charge is 2.14. The van der Waals surface area contributed by atoms with Gasteiger partial charge in [0.1, 0.15) is 0 Å². The van der Waals surface area contributed by atoms with Crippen molar-refractivity contribution in [2.24, 2.45) is 0 Å². The maximum Gasteiger partial charge on any atom is 0.0642 e. The van der Waals surface area contributed by atoms with Gasteiger partial charge in [-0.25, -0.2) is 0 Å². The van der Waals surface area contributed by atoms with Crippen molar-refractivity contribution >= 4 is 11.4 Å². The number of hydrogen-bond donors (Lipinski definition) is 1. The van der Waals surface area contributed by atoms with Crippen LogP contribution in [0.4, 0.5) is 11.4 Å². The lowest BCUT2D eigenvalue weighted by Gasteiger charge is -2.30. The zero-order valence-electron chi connectivity index (χ0n) is 10.1. The minimum absolute atomic E-state index is 0.529. The molecule has 3 heteroatoms. The van der Waals surface area contributed by atoms with Gasteiger partial charge in [0, 0.05) is 13.1 Å². The number of nitrogens with two attached hydrogens (primary N) is 1. The van der Waals surface area contributed by atoms with Crippen molar-refractivity contribution in [3.8, 4) is 0 Å². The Kier molecular flexibility index (Phi) is 3.34. The molecule has 0 amide bonds. The third-order valence-corrected chi connectivity index (χ3v) is 3.07. The van der Waals surface area contributed by atoms with E-state index in [2.05, 4.69) is 36.9 Å². The maximum atomic E-state index is 6.11. The Morgan fingerprint density at radius 3 is 2.50 bits per heavy atom. The Bertz CT molecular complexity index is 357. The minimum Gasteiger partial charge on any atom is -0.397 e. The van der Waals surface area contributed by atoms with Gasteiger partial charge in [0.25, 0.3) is 0 Å². The number of nitrogens with zero attached hydrogens (tertiary/aromatic N) is 1. The van der Waals surface area contributed by atoms with Crippen LogP contribution in [0.25, 0.3) is 0 Å². The average molecular weight is 220 g/mol. The van der Waals surface area contributed by atoms with Crippen molar-refractivity contribution in [1.82, 2.24) is 0 Å². The zero-order valence-corrected chi connectivity index (χ0v) is 10.1. The molecule has 1 aromatic carbocycles. The van der Waals surface area contributed by atoms with Crippen LogP contribution < -0.4 is 10.6 Å². The molecule has 1 heterocycles. The summed E-state index contributed by atoms with van der Waals surface area (Å²) in [5.41, 5.74) is 9.44. The van der Waals surface area contributed by atoms with Gasteiger partial charge in [-0.1, -0.05) is 19.9 Å². The Hall–Kier alpha value is -1.22. The summed E-state index contributed by atoms with van der Waals surface area (Å²) in [6.45, 7) is 7.83. The lowest BCUT2D eigenvalue weighted by molar-refractivity contribution is 0.123. The van der Waals surface area contributed by atoms with E-state index in [-0.39, 0.29) is 0 Å². The number of benzene rings is 1. The summed E-state index contributed by atoms with van der Waals surface area (Å²) in [7, 11) is 0. The fraction of sp³-hybridized carbons (Fsp3) is 0.538. The van der Waals surface area contributed by atoms with E-state index in [1.165, 1.54) is 5.56 Å². The zero-order chi connectivity index (χ0) is 11.5. The molecule has 0 radical (unpaired) electrons. The normalized spacial score (nSPS) is 16.8. The van der Waals surface area contributed by atoms with Gasteiger partial charge in [0.2, 0.25) is 0 Å². The molecule has 0 unspecified atom stereocenters. The lowest BCUT2D eigenvalue weighted by Crippen LogP contribution is -2.36. The summed E-state index contributed by atoms with van der Waals surface area (Å²) in [5, 5.41) is 0. The molecule has 16 heavy (non-hydrogen) atoms. The monoisotopic (exact) mass is 220 g/mol. The molecule has 1 aliphatic rings. The van der Waals surface area contributed by atoms with E-state index in [9.17, 15) is 0 Å². The van der Waals surface area contributed by atoms with Gasteiger partial charge in [-0.3, -0.25) is 0 Å². The maximum absolute atomic E-state index is 6.11. The van der Waals surface area contributed by atoms with Gasteiger partial charge in [0.05, 0.1) is 24.6 Å². The first-order valence-corrected chi connectivity index (χ1v) is 5.90. The van der Waals surface area contributed by atoms with Crippen LogP contribution in [0.5, 0.6) is 0 Å². The van der Waals surface area contributed by atoms with E-state index in [0.717, 1.165) is 37.7 Å². The number of rotatable bonds is 2. The number of nitrogen functional groups attached to an aromatic ring is 1. The molecule has 0 bridgehead atoms. The van der Waals surface area contributed by atoms with Gasteiger partial charge in [-0.05, 0) is 23.6 Å². The highest BCUT2D eigenvalue weighted by molar-refractivity contribution is 5.68. The predicted molar refractivity (Wildman–Crippen MR) is 68.0 cm³/mol. The lowest BCUT2D eigenvalue weighted by atomic mass is 10.0. The summed E-state index contributed by atoms with van der Waals surface area (Å²) < 4.78 is 5.34. The molecule has 0 aliphatic carbocycles. The third kappa shape index (κ3) is 2.30. The SMILES string of the molecule is CC(C)c1ccc(N2CCOCC2)c(N)c1. The van der Waals surface area contributed by atoms with Gasteiger partial charge < -0.3 is 15.4 Å². The quantitative estimate of drug-likeness (QED) is 0.777. The Morgan fingerprint density at radius 2 is 1.94 bits per heavy atom. The molecule has 0 spiro atoms. The van der Waals surface area contributed by atoms with Crippen molar-refractivity contribution in [1.29, 1.82) is 0 Å². The summed E-state index contributed by atoms with van der Waals surface area (Å²) in [5.74, 6) is 0.529. The smallest absolute Gasteiger partial charge is 0.0642 e. The van der Waals surface area contributed by atoms with E-state index in [1.807, 2.05) is 0 Å². The van der Waals surface area contributed by atoms with Gasteiger partial charge in [-0.15, -0.1) is 0 Å². The first kappa shape index (κ1) is 11.3. The van der Waals surface area contributed by atoms with E-state index < -0.39 is 0 Å². The fourth-order valence-electron chi connectivity index (χ4n) is 2.02. The van der Waals surface area contributed by atoms with Crippen molar-refractivity contribution in [2.75, 3.05) is 36.9 Å². The van der Waals surface area contributed by atoms with Crippen LogP contribution in [0.3, 0.4) is 0 Å². The highest BCUT2D eigenvalue weighted by Crippen LogP contribution is 2.27. The molecule has 1 aliphatic heterocycles. The highest BCUT2D eigenvalue weighted by atomic mass is 16.5. The van der Waals surface area contributed by atoms with E-state index >= 15 is 0 Å². The van der Waals surface area contributed by atoms with Crippen molar-refractivity contribution in [3.63, 3.8) is 0 Å².